The quantitative estimate of drug-likeness (QED) is 0.0801. The highest BCUT2D eigenvalue weighted by atomic mass is 32.2. The molecule has 0 aromatic heterocycles. The van der Waals surface area contributed by atoms with Crippen LogP contribution in [-0.4, -0.2) is 67.3 Å². The summed E-state index contributed by atoms with van der Waals surface area (Å²) >= 11 is 3.03. The second kappa shape index (κ2) is 19.2. The smallest absolute Gasteiger partial charge is 0.264 e. The first-order chi connectivity index (χ1) is 24.8. The highest BCUT2D eigenvalue weighted by molar-refractivity contribution is 7.99. The first-order valence-electron chi connectivity index (χ1n) is 16.9. The molecule has 4 aromatic carbocycles. The van der Waals surface area contributed by atoms with Crippen LogP contribution in [0.3, 0.4) is 0 Å². The highest BCUT2D eigenvalue weighted by Crippen LogP contribution is 2.27. The number of hydrogen-bond donors (Lipinski definition) is 2. The summed E-state index contributed by atoms with van der Waals surface area (Å²) in [5.41, 5.74) is 2.75. The van der Waals surface area contributed by atoms with E-state index in [-0.39, 0.29) is 22.9 Å². The van der Waals surface area contributed by atoms with Gasteiger partial charge in [0, 0.05) is 22.9 Å². The van der Waals surface area contributed by atoms with Crippen LogP contribution in [0.2, 0.25) is 0 Å². The topological polar surface area (TPSA) is 133 Å². The number of anilines is 2. The maximum absolute atomic E-state index is 13.6. The van der Waals surface area contributed by atoms with E-state index in [4.69, 9.17) is 0 Å². The molecule has 2 amide bonds. The van der Waals surface area contributed by atoms with Gasteiger partial charge in [0.25, 0.3) is 20.0 Å². The minimum atomic E-state index is -4.00. The number of amides is 2. The fourth-order valence-electron chi connectivity index (χ4n) is 5.23. The van der Waals surface area contributed by atoms with Crippen LogP contribution in [0, 0.1) is 13.8 Å². The predicted molar refractivity (Wildman–Crippen MR) is 212 cm³/mol. The Kier molecular flexibility index (Phi) is 15.1. The van der Waals surface area contributed by atoms with Crippen molar-refractivity contribution in [3.63, 3.8) is 0 Å². The lowest BCUT2D eigenvalue weighted by molar-refractivity contribution is -0.120. The lowest BCUT2D eigenvalue weighted by Gasteiger charge is -2.24. The minimum absolute atomic E-state index is 0.108. The van der Waals surface area contributed by atoms with Crippen LogP contribution in [0.5, 0.6) is 0 Å². The van der Waals surface area contributed by atoms with Crippen molar-refractivity contribution in [3.05, 3.63) is 108 Å². The van der Waals surface area contributed by atoms with Gasteiger partial charge in [-0.05, 0) is 112 Å². The van der Waals surface area contributed by atoms with Crippen LogP contribution in [-0.2, 0) is 29.6 Å². The van der Waals surface area contributed by atoms with Crippen molar-refractivity contribution in [2.45, 2.75) is 59.1 Å². The molecule has 0 heterocycles. The molecule has 4 rings (SSSR count). The van der Waals surface area contributed by atoms with E-state index in [2.05, 4.69) is 10.6 Å². The molecule has 52 heavy (non-hydrogen) atoms. The molecule has 4 aromatic rings. The molecule has 0 aliphatic carbocycles. The normalized spacial score (nSPS) is 11.5. The molecule has 0 bridgehead atoms. The average Bonchev–Trinajstić information content (AvgIpc) is 3.14. The first-order valence-corrected chi connectivity index (χ1v) is 22.2. The second-order valence-corrected chi connectivity index (χ2v) is 17.6. The number of benzene rings is 4. The molecule has 0 unspecified atom stereocenters. The zero-order chi connectivity index (χ0) is 37.7. The van der Waals surface area contributed by atoms with Crippen molar-refractivity contribution in [1.82, 2.24) is 10.6 Å². The molecule has 14 heteroatoms. The van der Waals surface area contributed by atoms with E-state index < -0.39 is 31.9 Å². The number of carbonyl (C=O) groups excluding carboxylic acids is 2. The molecule has 0 aliphatic rings. The van der Waals surface area contributed by atoms with Crippen molar-refractivity contribution < 1.29 is 26.4 Å². The molecule has 0 aliphatic heterocycles. The zero-order valence-electron chi connectivity index (χ0n) is 29.9. The molecule has 0 saturated carbocycles. The minimum Gasteiger partial charge on any atom is -0.355 e. The Labute approximate surface area is 316 Å². The monoisotopic (exact) mass is 782 g/mol. The van der Waals surface area contributed by atoms with Gasteiger partial charge in [-0.15, -0.1) is 23.5 Å². The van der Waals surface area contributed by atoms with Crippen LogP contribution in [0.4, 0.5) is 11.4 Å². The largest absolute Gasteiger partial charge is 0.355 e. The summed E-state index contributed by atoms with van der Waals surface area (Å²) in [5, 5.41) is 5.68. The molecule has 0 spiro atoms. The van der Waals surface area contributed by atoms with Gasteiger partial charge in [-0.1, -0.05) is 48.2 Å². The van der Waals surface area contributed by atoms with Gasteiger partial charge in [0.1, 0.15) is 13.1 Å². The Morgan fingerprint density at radius 1 is 0.519 bits per heavy atom. The van der Waals surface area contributed by atoms with Gasteiger partial charge in [-0.3, -0.25) is 18.2 Å². The first kappa shape index (κ1) is 40.8. The summed E-state index contributed by atoms with van der Waals surface area (Å²) in [6, 6.07) is 27.2. The Bertz CT molecular complexity index is 1840. The van der Waals surface area contributed by atoms with E-state index in [1.807, 2.05) is 50.6 Å². The maximum atomic E-state index is 13.6. The second-order valence-electron chi connectivity index (χ2n) is 12.2. The molecule has 0 atom stereocenters. The number of carbonyl (C=O) groups is 2. The third-order valence-corrected chi connectivity index (χ3v) is 13.3. The fourth-order valence-corrected chi connectivity index (χ4v) is 8.89. The van der Waals surface area contributed by atoms with Crippen molar-refractivity contribution in [1.29, 1.82) is 0 Å². The Hall–Kier alpha value is -3.98. The summed E-state index contributed by atoms with van der Waals surface area (Å²) in [4.78, 5) is 28.0. The Morgan fingerprint density at radius 2 is 0.846 bits per heavy atom. The number of rotatable bonds is 19. The van der Waals surface area contributed by atoms with Gasteiger partial charge in [0.15, 0.2) is 0 Å². The van der Waals surface area contributed by atoms with Crippen LogP contribution in [0.15, 0.2) is 117 Å². The number of hydrogen-bond acceptors (Lipinski definition) is 8. The van der Waals surface area contributed by atoms with Crippen molar-refractivity contribution in [2.75, 3.05) is 47.3 Å². The molecule has 0 saturated heterocycles. The Morgan fingerprint density at radius 3 is 1.15 bits per heavy atom. The number of thioether (sulfide) groups is 2. The van der Waals surface area contributed by atoms with Crippen LogP contribution < -0.4 is 19.2 Å². The molecule has 2 N–H and O–H groups in total. The van der Waals surface area contributed by atoms with E-state index >= 15 is 0 Å². The van der Waals surface area contributed by atoms with Gasteiger partial charge < -0.3 is 10.6 Å². The van der Waals surface area contributed by atoms with Crippen molar-refractivity contribution in [2.24, 2.45) is 0 Å². The lowest BCUT2D eigenvalue weighted by atomic mass is 10.2. The van der Waals surface area contributed by atoms with Crippen LogP contribution in [0.1, 0.15) is 36.8 Å². The van der Waals surface area contributed by atoms with Crippen molar-refractivity contribution in [3.8, 4) is 0 Å². The maximum Gasteiger partial charge on any atom is 0.264 e. The van der Waals surface area contributed by atoms with Crippen LogP contribution >= 0.6 is 23.5 Å². The predicted octanol–water partition coefficient (Wildman–Crippen LogP) is 6.63. The number of aryl methyl sites for hydroxylation is 2. The van der Waals surface area contributed by atoms with E-state index in [0.717, 1.165) is 42.4 Å². The van der Waals surface area contributed by atoms with E-state index in [1.54, 1.807) is 72.8 Å². The summed E-state index contributed by atoms with van der Waals surface area (Å²) < 4.78 is 56.8. The third-order valence-electron chi connectivity index (χ3n) is 8.26. The van der Waals surface area contributed by atoms with Gasteiger partial charge in [-0.25, -0.2) is 16.8 Å². The average molecular weight is 783 g/mol. The third kappa shape index (κ3) is 11.3. The van der Waals surface area contributed by atoms with Gasteiger partial charge in [0.2, 0.25) is 11.8 Å². The molecule has 278 valence electrons. The van der Waals surface area contributed by atoms with Crippen LogP contribution in [0.25, 0.3) is 0 Å². The summed E-state index contributed by atoms with van der Waals surface area (Å²) in [6.45, 7) is 3.84. The zero-order valence-corrected chi connectivity index (χ0v) is 33.1. The molecule has 10 nitrogen and oxygen atoms in total. The molecular weight excluding hydrogens is 737 g/mol. The highest BCUT2D eigenvalue weighted by Gasteiger charge is 2.28. The molecule has 0 radical (unpaired) electrons. The molecular formula is C38H46N4O6S4. The number of nitrogens with one attached hydrogen (secondary N) is 2. The Balaban J connectivity index is 1.24. The number of sulfonamides is 2. The van der Waals surface area contributed by atoms with E-state index in [1.165, 1.54) is 23.5 Å². The lowest BCUT2D eigenvalue weighted by Crippen LogP contribution is -2.41. The summed E-state index contributed by atoms with van der Waals surface area (Å²) in [7, 11) is -8.00. The van der Waals surface area contributed by atoms with Gasteiger partial charge in [0.05, 0.1) is 21.2 Å². The number of nitrogens with zero attached hydrogens (tertiary/aromatic N) is 2. The van der Waals surface area contributed by atoms with E-state index in [0.29, 0.717) is 37.3 Å². The van der Waals surface area contributed by atoms with Gasteiger partial charge >= 0.3 is 0 Å². The summed E-state index contributed by atoms with van der Waals surface area (Å²) in [6.07, 6.45) is 6.71. The van der Waals surface area contributed by atoms with E-state index in [9.17, 15) is 26.4 Å². The SMILES string of the molecule is CSc1ccc(S(=O)(=O)N(CC(=O)NCCCCCCNC(=O)CN(c2ccc(C)cc2)S(=O)(=O)c2ccc(SC)cc2)c2ccc(C)cc2)cc1. The van der Waals surface area contributed by atoms with Crippen molar-refractivity contribution >= 4 is 66.8 Å². The number of unbranched alkanes of at least 4 members (excludes halogenated alkanes) is 3. The van der Waals surface area contributed by atoms with Gasteiger partial charge in [-0.2, -0.15) is 0 Å². The fraction of sp³-hybridized carbons (Fsp3) is 0.316. The summed E-state index contributed by atoms with van der Waals surface area (Å²) in [5.74, 6) is -0.823. The molecule has 0 fully saturated rings. The standard InChI is InChI=1S/C38H46N4O6S4/c1-29-9-13-31(14-10-29)41(51(45,46)35-21-17-33(49-3)18-22-35)27-37(43)39-25-7-5-6-8-26-40-38(44)28-42(32-15-11-30(2)12-16-32)52(47,48)36-23-19-34(50-4)20-24-36/h9-24H,5-8,25-28H2,1-4H3,(H,39,43)(H,40,44).